The maximum absolute atomic E-state index is 13.8. The van der Waals surface area contributed by atoms with E-state index in [1.165, 1.54) is 0 Å². The summed E-state index contributed by atoms with van der Waals surface area (Å²) in [4.78, 5) is 12.5. The summed E-state index contributed by atoms with van der Waals surface area (Å²) in [5.41, 5.74) is 11.5. The number of hydrogen-bond acceptors (Lipinski definition) is 10. The maximum Gasteiger partial charge on any atom is 0.391 e. The first kappa shape index (κ1) is 33.9. The van der Waals surface area contributed by atoms with Gasteiger partial charge in [-0.05, 0) is 94.7 Å². The zero-order chi connectivity index (χ0) is 30.8. The third-order valence-electron chi connectivity index (χ3n) is 6.37. The number of rotatable bonds is 18. The lowest BCUT2D eigenvalue weighted by atomic mass is 10.2. The van der Waals surface area contributed by atoms with E-state index >= 15 is 0 Å². The number of aryl methyl sites for hydroxylation is 1. The highest BCUT2D eigenvalue weighted by molar-refractivity contribution is 7.92. The summed E-state index contributed by atoms with van der Waals surface area (Å²) in [7, 11) is -8.72. The van der Waals surface area contributed by atoms with E-state index in [0.717, 1.165) is 74.9 Å². The number of nitrogens with zero attached hydrogens (tertiary/aromatic N) is 2. The Morgan fingerprint density at radius 3 is 2.45 bits per heavy atom. The fourth-order valence-electron chi connectivity index (χ4n) is 4.20. The minimum atomic E-state index is -4.54. The molecule has 6 N–H and O–H groups in total. The molecule has 2 aromatic carbocycles. The van der Waals surface area contributed by atoms with Crippen molar-refractivity contribution >= 4 is 39.0 Å². The number of thiophene rings is 1. The summed E-state index contributed by atoms with van der Waals surface area (Å²) in [5.74, 6) is -0.625. The Balaban J connectivity index is 1.61. The van der Waals surface area contributed by atoms with Gasteiger partial charge in [0.2, 0.25) is 0 Å². The summed E-state index contributed by atoms with van der Waals surface area (Å²) < 4.78 is 66.1. The zero-order valence-electron chi connectivity index (χ0n) is 23.4. The molecule has 11 nitrogen and oxygen atoms in total. The van der Waals surface area contributed by atoms with Crippen LogP contribution in [0.1, 0.15) is 36.8 Å². The first-order valence-electron chi connectivity index (χ1n) is 13.5. The van der Waals surface area contributed by atoms with Crippen LogP contribution in [-0.4, -0.2) is 63.8 Å². The van der Waals surface area contributed by atoms with Gasteiger partial charge in [0.15, 0.2) is 0 Å². The fourth-order valence-corrected chi connectivity index (χ4v) is 8.49. The third kappa shape index (κ3) is 9.72. The lowest BCUT2D eigenvalue weighted by Crippen LogP contribution is -2.29. The summed E-state index contributed by atoms with van der Waals surface area (Å²) in [6, 6.07) is 10.0. The number of nitrogens with two attached hydrogens (primary N) is 2. The number of nitriles is 1. The Bertz CT molecular complexity index is 1550. The normalized spacial score (nSPS) is 13.3. The van der Waals surface area contributed by atoms with Crippen LogP contribution in [0.15, 0.2) is 40.6 Å². The molecule has 0 bridgehead atoms. The molecule has 15 heteroatoms. The fraction of sp³-hybridized carbons (Fsp3) is 0.444. The van der Waals surface area contributed by atoms with Gasteiger partial charge in [-0.2, -0.15) is 9.98 Å². The molecule has 42 heavy (non-hydrogen) atoms. The number of hydrogen-bond donors (Lipinski definition) is 4. The molecule has 0 saturated heterocycles. The van der Waals surface area contributed by atoms with E-state index in [1.54, 1.807) is 31.2 Å². The number of benzene rings is 2. The Kier molecular flexibility index (Phi) is 12.7. The van der Waals surface area contributed by atoms with E-state index in [0.29, 0.717) is 41.1 Å². The summed E-state index contributed by atoms with van der Waals surface area (Å²) in [5, 5.41) is 9.50. The minimum absolute atomic E-state index is 0.00732. The maximum atomic E-state index is 13.8. The van der Waals surface area contributed by atoms with Crippen molar-refractivity contribution < 1.29 is 31.5 Å². The molecule has 230 valence electrons. The zero-order valence-corrected chi connectivity index (χ0v) is 25.9. The van der Waals surface area contributed by atoms with Crippen molar-refractivity contribution in [2.45, 2.75) is 36.8 Å². The highest BCUT2D eigenvalue weighted by atomic mass is 32.2. The number of ether oxygens (including phenoxy) is 1. The molecule has 1 atom stereocenters. The Morgan fingerprint density at radius 1 is 1.07 bits per heavy atom. The van der Waals surface area contributed by atoms with Crippen LogP contribution in [0, 0.1) is 24.1 Å². The molecule has 3 rings (SSSR count). The minimum Gasteiger partial charge on any atom is -0.494 e. The Hall–Kier alpha value is -2.60. The van der Waals surface area contributed by atoms with Crippen LogP contribution in [0.3, 0.4) is 0 Å². The molecule has 1 heterocycles. The standard InChI is InChI=1S/C27H37FN5O6PS2/c1-20-24-16-22(38-15-5-14-33(13-4-11-30)12-3-2-10-29)8-9-26(24)41-27(20)42(36,37)32-19-40(34,35)39-23-7-6-21(18-31)25(28)17-23/h6-9,16-17,32H,2-5,10-15,19,29-30H2,1H3,(H,34,35). The number of sulfonamides is 1. The quantitative estimate of drug-likeness (QED) is 0.118. The molecule has 0 aliphatic rings. The topological polar surface area (TPSA) is 181 Å². The first-order valence-corrected chi connectivity index (χ1v) is 17.5. The van der Waals surface area contributed by atoms with Gasteiger partial charge in [-0.1, -0.05) is 0 Å². The monoisotopic (exact) mass is 641 g/mol. The van der Waals surface area contributed by atoms with Gasteiger partial charge in [0, 0.05) is 22.7 Å². The second kappa shape index (κ2) is 15.7. The Morgan fingerprint density at radius 2 is 1.76 bits per heavy atom. The van der Waals surface area contributed by atoms with E-state index < -0.39 is 29.7 Å². The highest BCUT2D eigenvalue weighted by Gasteiger charge is 2.28. The molecule has 0 saturated carbocycles. The van der Waals surface area contributed by atoms with E-state index in [4.69, 9.17) is 26.0 Å². The second-order valence-electron chi connectivity index (χ2n) is 9.64. The van der Waals surface area contributed by atoms with Crippen LogP contribution >= 0.6 is 18.9 Å². The molecule has 0 aliphatic heterocycles. The van der Waals surface area contributed by atoms with Crippen LogP contribution in [-0.2, 0) is 14.6 Å². The average molecular weight is 642 g/mol. The van der Waals surface area contributed by atoms with Crippen molar-refractivity contribution in [3.05, 3.63) is 53.3 Å². The van der Waals surface area contributed by atoms with Crippen molar-refractivity contribution in [1.29, 1.82) is 5.26 Å². The molecule has 0 fully saturated rings. The van der Waals surface area contributed by atoms with Gasteiger partial charge in [0.1, 0.15) is 33.9 Å². The van der Waals surface area contributed by atoms with Crippen molar-refractivity contribution in [2.75, 3.05) is 45.6 Å². The van der Waals surface area contributed by atoms with Crippen LogP contribution in [0.5, 0.6) is 11.5 Å². The van der Waals surface area contributed by atoms with Gasteiger partial charge in [-0.3, -0.25) is 0 Å². The highest BCUT2D eigenvalue weighted by Crippen LogP contribution is 2.43. The summed E-state index contributed by atoms with van der Waals surface area (Å²) in [6.45, 7) is 6.23. The second-order valence-corrected chi connectivity index (χ2v) is 14.4. The Labute approximate surface area is 249 Å². The molecular formula is C27H37FN5O6PS2. The van der Waals surface area contributed by atoms with Gasteiger partial charge >= 0.3 is 7.60 Å². The smallest absolute Gasteiger partial charge is 0.391 e. The summed E-state index contributed by atoms with van der Waals surface area (Å²) in [6.07, 6.45) is 2.83. The lowest BCUT2D eigenvalue weighted by molar-refractivity contribution is 0.230. The third-order valence-corrected chi connectivity index (χ3v) is 10.9. The number of fused-ring (bicyclic) bond motifs is 1. The number of halogens is 1. The van der Waals surface area contributed by atoms with Crippen molar-refractivity contribution in [3.8, 4) is 17.6 Å². The molecule has 0 aliphatic carbocycles. The predicted molar refractivity (Wildman–Crippen MR) is 162 cm³/mol. The van der Waals surface area contributed by atoms with E-state index in [1.807, 2.05) is 0 Å². The molecule has 0 amide bonds. The van der Waals surface area contributed by atoms with Crippen LogP contribution < -0.4 is 25.5 Å². The summed E-state index contributed by atoms with van der Waals surface area (Å²) >= 11 is 1.03. The predicted octanol–water partition coefficient (Wildman–Crippen LogP) is 3.88. The van der Waals surface area contributed by atoms with Crippen molar-refractivity contribution in [1.82, 2.24) is 9.62 Å². The largest absolute Gasteiger partial charge is 0.494 e. The van der Waals surface area contributed by atoms with E-state index in [2.05, 4.69) is 9.62 Å². The lowest BCUT2D eigenvalue weighted by Gasteiger charge is -2.22. The average Bonchev–Trinajstić information content (AvgIpc) is 3.29. The van der Waals surface area contributed by atoms with Gasteiger partial charge in [0.05, 0.1) is 12.2 Å². The SMILES string of the molecule is Cc1c(S(=O)(=O)NCP(=O)(O)Oc2ccc(C#N)c(F)c2)sc2ccc(OCCCN(CCCN)CCCCN)cc12. The van der Waals surface area contributed by atoms with E-state index in [-0.39, 0.29) is 15.5 Å². The van der Waals surface area contributed by atoms with Crippen LogP contribution in [0.25, 0.3) is 10.1 Å². The first-order chi connectivity index (χ1) is 20.0. The molecule has 0 spiro atoms. The van der Waals surface area contributed by atoms with Gasteiger partial charge < -0.3 is 30.5 Å². The molecule has 1 unspecified atom stereocenters. The van der Waals surface area contributed by atoms with Crippen LogP contribution in [0.2, 0.25) is 0 Å². The number of unbranched alkanes of at least 4 members (excludes halogenated alkanes) is 1. The van der Waals surface area contributed by atoms with Gasteiger partial charge in [-0.25, -0.2) is 17.4 Å². The van der Waals surface area contributed by atoms with Crippen molar-refractivity contribution in [2.24, 2.45) is 11.5 Å². The van der Waals surface area contributed by atoms with Gasteiger partial charge in [0.25, 0.3) is 10.0 Å². The van der Waals surface area contributed by atoms with Crippen molar-refractivity contribution in [3.63, 3.8) is 0 Å². The number of nitrogens with one attached hydrogen (secondary N) is 1. The molecule has 0 radical (unpaired) electrons. The van der Waals surface area contributed by atoms with Gasteiger partial charge in [-0.15, -0.1) is 11.3 Å². The van der Waals surface area contributed by atoms with Crippen LogP contribution in [0.4, 0.5) is 4.39 Å². The molecular weight excluding hydrogens is 604 g/mol. The van der Waals surface area contributed by atoms with E-state index in [9.17, 15) is 22.3 Å². The molecule has 3 aromatic rings. The molecule has 1 aromatic heterocycles.